The Kier molecular flexibility index (Phi) is 3.37. The Balaban J connectivity index is 1.84. The second-order valence-electron chi connectivity index (χ2n) is 2.91. The molecule has 0 bridgehead atoms. The van der Waals surface area contributed by atoms with Crippen LogP contribution in [0.15, 0.2) is 4.79 Å². The van der Waals surface area contributed by atoms with Crippen molar-refractivity contribution in [3.05, 3.63) is 16.3 Å². The predicted molar refractivity (Wildman–Crippen MR) is 60.2 cm³/mol. The zero-order valence-electron chi connectivity index (χ0n) is 7.78. The Morgan fingerprint density at radius 3 is 2.87 bits per heavy atom. The molecule has 2 heterocycles. The largest absolute Gasteiger partial charge is 0.347 e. The summed E-state index contributed by atoms with van der Waals surface area (Å²) in [6.45, 7) is 0.600. The SMILES string of the molecule is O=C(NCC1SCCS1)c1n[nH]c(=O)[nH]1. The maximum Gasteiger partial charge on any atom is 0.341 e. The first-order valence-electron chi connectivity index (χ1n) is 4.42. The smallest absolute Gasteiger partial charge is 0.341 e. The molecular formula is C7H10N4O2S2. The fourth-order valence-electron chi connectivity index (χ4n) is 1.16. The van der Waals surface area contributed by atoms with Gasteiger partial charge in [0.15, 0.2) is 0 Å². The van der Waals surface area contributed by atoms with Crippen molar-refractivity contribution in [3.8, 4) is 0 Å². The highest BCUT2D eigenvalue weighted by Crippen LogP contribution is 2.30. The van der Waals surface area contributed by atoms with Gasteiger partial charge in [-0.25, -0.2) is 9.89 Å². The lowest BCUT2D eigenvalue weighted by atomic mass is 10.5. The van der Waals surface area contributed by atoms with E-state index in [2.05, 4.69) is 20.5 Å². The van der Waals surface area contributed by atoms with E-state index >= 15 is 0 Å². The molecule has 3 N–H and O–H groups in total. The van der Waals surface area contributed by atoms with Gasteiger partial charge in [-0.3, -0.25) is 9.78 Å². The van der Waals surface area contributed by atoms with Crippen LogP contribution in [-0.2, 0) is 0 Å². The summed E-state index contributed by atoms with van der Waals surface area (Å²) in [7, 11) is 0. The van der Waals surface area contributed by atoms with Gasteiger partial charge in [0.1, 0.15) is 0 Å². The number of nitrogens with one attached hydrogen (secondary N) is 3. The highest BCUT2D eigenvalue weighted by Gasteiger charge is 2.18. The van der Waals surface area contributed by atoms with E-state index in [-0.39, 0.29) is 11.7 Å². The lowest BCUT2D eigenvalue weighted by Gasteiger charge is -2.07. The molecule has 1 aliphatic heterocycles. The molecule has 1 saturated heterocycles. The lowest BCUT2D eigenvalue weighted by Crippen LogP contribution is -2.29. The molecule has 2 rings (SSSR count). The molecule has 8 heteroatoms. The maximum atomic E-state index is 11.4. The summed E-state index contributed by atoms with van der Waals surface area (Å²) < 4.78 is 0.416. The number of amides is 1. The molecule has 0 unspecified atom stereocenters. The van der Waals surface area contributed by atoms with Crippen LogP contribution in [0.1, 0.15) is 10.6 Å². The molecule has 1 fully saturated rings. The van der Waals surface area contributed by atoms with Crippen LogP contribution in [0.5, 0.6) is 0 Å². The summed E-state index contributed by atoms with van der Waals surface area (Å²) in [6.07, 6.45) is 0. The fourth-order valence-corrected chi connectivity index (χ4v) is 3.82. The van der Waals surface area contributed by atoms with Crippen molar-refractivity contribution in [2.45, 2.75) is 4.58 Å². The highest BCUT2D eigenvalue weighted by atomic mass is 32.2. The van der Waals surface area contributed by atoms with E-state index in [1.807, 2.05) is 23.5 Å². The van der Waals surface area contributed by atoms with Crippen molar-refractivity contribution >= 4 is 29.4 Å². The van der Waals surface area contributed by atoms with E-state index in [4.69, 9.17) is 0 Å². The number of aromatic amines is 2. The molecule has 1 aliphatic rings. The van der Waals surface area contributed by atoms with Gasteiger partial charge in [0.05, 0.1) is 4.58 Å². The van der Waals surface area contributed by atoms with Crippen LogP contribution in [0, 0.1) is 0 Å². The molecule has 15 heavy (non-hydrogen) atoms. The van der Waals surface area contributed by atoms with Crippen molar-refractivity contribution in [2.24, 2.45) is 0 Å². The van der Waals surface area contributed by atoms with Gasteiger partial charge in [-0.15, -0.1) is 28.6 Å². The molecule has 6 nitrogen and oxygen atoms in total. The van der Waals surface area contributed by atoms with Gasteiger partial charge < -0.3 is 5.32 Å². The monoisotopic (exact) mass is 246 g/mol. The average molecular weight is 246 g/mol. The van der Waals surface area contributed by atoms with E-state index in [0.29, 0.717) is 11.1 Å². The molecule has 0 saturated carbocycles. The number of hydrogen-bond donors (Lipinski definition) is 3. The topological polar surface area (TPSA) is 90.6 Å². The molecule has 0 atom stereocenters. The first-order valence-corrected chi connectivity index (χ1v) is 6.51. The van der Waals surface area contributed by atoms with Gasteiger partial charge in [0, 0.05) is 18.1 Å². The predicted octanol–water partition coefficient (Wildman–Crippen LogP) is -0.366. The Morgan fingerprint density at radius 2 is 2.27 bits per heavy atom. The number of aromatic nitrogens is 3. The fraction of sp³-hybridized carbons (Fsp3) is 0.571. The van der Waals surface area contributed by atoms with Crippen molar-refractivity contribution in [3.63, 3.8) is 0 Å². The number of thioether (sulfide) groups is 2. The minimum absolute atomic E-state index is 0.0352. The number of H-pyrrole nitrogens is 2. The van der Waals surface area contributed by atoms with Crippen LogP contribution in [0.2, 0.25) is 0 Å². The third-order valence-corrected chi connectivity index (χ3v) is 4.87. The zero-order chi connectivity index (χ0) is 10.7. The van der Waals surface area contributed by atoms with E-state index in [1.54, 1.807) is 0 Å². The minimum atomic E-state index is -0.468. The Bertz CT molecular complexity index is 396. The number of nitrogens with zero attached hydrogens (tertiary/aromatic N) is 1. The summed E-state index contributed by atoms with van der Waals surface area (Å²) >= 11 is 3.67. The van der Waals surface area contributed by atoms with Crippen molar-refractivity contribution in [1.29, 1.82) is 0 Å². The van der Waals surface area contributed by atoms with Gasteiger partial charge in [-0.1, -0.05) is 0 Å². The Morgan fingerprint density at radius 1 is 1.53 bits per heavy atom. The van der Waals surface area contributed by atoms with Crippen LogP contribution >= 0.6 is 23.5 Å². The zero-order valence-corrected chi connectivity index (χ0v) is 9.41. The van der Waals surface area contributed by atoms with Crippen molar-refractivity contribution in [1.82, 2.24) is 20.5 Å². The van der Waals surface area contributed by atoms with Gasteiger partial charge in [-0.05, 0) is 0 Å². The van der Waals surface area contributed by atoms with E-state index in [0.717, 1.165) is 11.5 Å². The van der Waals surface area contributed by atoms with Crippen LogP contribution in [0.3, 0.4) is 0 Å². The summed E-state index contributed by atoms with van der Waals surface area (Å²) in [4.78, 5) is 24.4. The van der Waals surface area contributed by atoms with Crippen LogP contribution in [0.4, 0.5) is 0 Å². The summed E-state index contributed by atoms with van der Waals surface area (Å²) in [6, 6.07) is 0. The van der Waals surface area contributed by atoms with Gasteiger partial charge >= 0.3 is 5.69 Å². The van der Waals surface area contributed by atoms with Gasteiger partial charge in [0.25, 0.3) is 5.91 Å². The van der Waals surface area contributed by atoms with Gasteiger partial charge in [-0.2, -0.15) is 0 Å². The highest BCUT2D eigenvalue weighted by molar-refractivity contribution is 8.20. The Hall–Kier alpha value is -0.890. The van der Waals surface area contributed by atoms with Crippen molar-refractivity contribution in [2.75, 3.05) is 18.1 Å². The first-order chi connectivity index (χ1) is 7.25. The molecule has 82 valence electrons. The maximum absolute atomic E-state index is 11.4. The molecule has 0 spiro atoms. The van der Waals surface area contributed by atoms with E-state index in [9.17, 15) is 9.59 Å². The average Bonchev–Trinajstić information content (AvgIpc) is 2.84. The first kappa shape index (κ1) is 10.6. The standard InChI is InChI=1S/C7H10N4O2S2/c12-6(5-9-7(13)11-10-5)8-3-4-14-1-2-15-4/h4H,1-3H2,(H,8,12)(H2,9,10,11,13). The summed E-state index contributed by atoms with van der Waals surface area (Å²) in [5.74, 6) is 1.95. The third-order valence-electron chi connectivity index (χ3n) is 1.84. The quantitative estimate of drug-likeness (QED) is 0.677. The molecule has 0 aliphatic carbocycles. The van der Waals surface area contributed by atoms with E-state index in [1.165, 1.54) is 0 Å². The van der Waals surface area contributed by atoms with Crippen LogP contribution in [0.25, 0.3) is 0 Å². The second-order valence-corrected chi connectivity index (χ2v) is 5.83. The second kappa shape index (κ2) is 4.75. The van der Waals surface area contributed by atoms with Gasteiger partial charge in [0.2, 0.25) is 5.82 Å². The van der Waals surface area contributed by atoms with Crippen molar-refractivity contribution < 1.29 is 4.79 Å². The molecule has 1 aromatic heterocycles. The molecule has 0 radical (unpaired) electrons. The molecular weight excluding hydrogens is 236 g/mol. The molecule has 1 aromatic rings. The Labute approximate surface area is 94.0 Å². The number of hydrogen-bond acceptors (Lipinski definition) is 5. The molecule has 0 aromatic carbocycles. The van der Waals surface area contributed by atoms with Crippen LogP contribution in [-0.4, -0.2) is 43.7 Å². The summed E-state index contributed by atoms with van der Waals surface area (Å²) in [5, 5.41) is 8.41. The molecule has 1 amide bonds. The minimum Gasteiger partial charge on any atom is -0.347 e. The van der Waals surface area contributed by atoms with E-state index < -0.39 is 5.69 Å². The summed E-state index contributed by atoms with van der Waals surface area (Å²) in [5.41, 5.74) is -0.468. The number of carbonyl (C=O) groups is 1. The third kappa shape index (κ3) is 2.78. The van der Waals surface area contributed by atoms with Crippen LogP contribution < -0.4 is 11.0 Å². The number of carbonyl (C=O) groups excluding carboxylic acids is 1. The lowest BCUT2D eigenvalue weighted by molar-refractivity contribution is 0.0945. The number of rotatable bonds is 3. The normalized spacial score (nSPS) is 16.8.